The summed E-state index contributed by atoms with van der Waals surface area (Å²) < 4.78 is 21.6. The van der Waals surface area contributed by atoms with Crippen molar-refractivity contribution in [2.24, 2.45) is 4.99 Å². The molecule has 0 unspecified atom stereocenters. The minimum atomic E-state index is -0.533. The Kier molecular flexibility index (Phi) is 5.22. The molecular formula is C20H19NO5. The summed E-state index contributed by atoms with van der Waals surface area (Å²) in [6, 6.07) is 12.7. The number of carbonyl (C=O) groups excluding carboxylic acids is 1. The molecule has 0 bridgehead atoms. The maximum Gasteiger partial charge on any atom is 0.363 e. The summed E-state index contributed by atoms with van der Waals surface area (Å²) in [5.41, 5.74) is 1.47. The van der Waals surface area contributed by atoms with Gasteiger partial charge in [-0.3, -0.25) is 0 Å². The van der Waals surface area contributed by atoms with Crippen molar-refractivity contribution in [1.82, 2.24) is 0 Å². The van der Waals surface area contributed by atoms with E-state index in [1.165, 1.54) is 0 Å². The summed E-state index contributed by atoms with van der Waals surface area (Å²) in [6.45, 7) is 2.40. The van der Waals surface area contributed by atoms with Crippen LogP contribution >= 0.6 is 0 Å². The molecule has 0 spiro atoms. The number of ether oxygens (including phenoxy) is 4. The van der Waals surface area contributed by atoms with Gasteiger partial charge in [-0.15, -0.1) is 0 Å². The Morgan fingerprint density at radius 3 is 2.54 bits per heavy atom. The van der Waals surface area contributed by atoms with Gasteiger partial charge in [0.05, 0.1) is 26.4 Å². The molecule has 0 saturated heterocycles. The lowest BCUT2D eigenvalue weighted by Crippen LogP contribution is -2.06. The van der Waals surface area contributed by atoms with E-state index in [0.717, 1.165) is 0 Å². The van der Waals surface area contributed by atoms with E-state index in [9.17, 15) is 4.79 Å². The van der Waals surface area contributed by atoms with E-state index in [2.05, 4.69) is 4.99 Å². The Morgan fingerprint density at radius 2 is 1.81 bits per heavy atom. The number of aliphatic imine (C=N–C) groups is 1. The summed E-state index contributed by atoms with van der Waals surface area (Å²) in [5, 5.41) is 0. The molecule has 6 nitrogen and oxygen atoms in total. The highest BCUT2D eigenvalue weighted by atomic mass is 16.6. The number of rotatable bonds is 6. The molecule has 0 radical (unpaired) electrons. The second-order valence-corrected chi connectivity index (χ2v) is 5.35. The topological polar surface area (TPSA) is 66.3 Å². The van der Waals surface area contributed by atoms with Crippen LogP contribution < -0.4 is 14.2 Å². The van der Waals surface area contributed by atoms with Crippen LogP contribution in [0.3, 0.4) is 0 Å². The lowest BCUT2D eigenvalue weighted by atomic mass is 10.1. The first-order chi connectivity index (χ1) is 12.7. The first-order valence-corrected chi connectivity index (χ1v) is 8.13. The van der Waals surface area contributed by atoms with Gasteiger partial charge >= 0.3 is 5.97 Å². The molecule has 2 aromatic carbocycles. The maximum atomic E-state index is 12.3. The number of benzene rings is 2. The van der Waals surface area contributed by atoms with E-state index < -0.39 is 5.97 Å². The molecular weight excluding hydrogens is 334 g/mol. The molecule has 26 heavy (non-hydrogen) atoms. The van der Waals surface area contributed by atoms with Crippen molar-refractivity contribution in [2.75, 3.05) is 20.8 Å². The van der Waals surface area contributed by atoms with Gasteiger partial charge in [-0.1, -0.05) is 24.3 Å². The predicted octanol–water partition coefficient (Wildman–Crippen LogP) is 3.45. The fraction of sp³-hybridized carbons (Fsp3) is 0.200. The lowest BCUT2D eigenvalue weighted by Gasteiger charge is -2.11. The zero-order valence-electron chi connectivity index (χ0n) is 14.8. The Morgan fingerprint density at radius 1 is 1.04 bits per heavy atom. The molecule has 134 valence electrons. The van der Waals surface area contributed by atoms with Gasteiger partial charge < -0.3 is 18.9 Å². The lowest BCUT2D eigenvalue weighted by molar-refractivity contribution is -0.129. The van der Waals surface area contributed by atoms with Gasteiger partial charge in [-0.25, -0.2) is 9.79 Å². The van der Waals surface area contributed by atoms with Gasteiger partial charge in [0, 0.05) is 5.56 Å². The SMILES string of the molecule is CCOc1cccc(/C=C2\N=C(c3ccccc3OC)OC2=O)c1OC. The van der Waals surface area contributed by atoms with Crippen molar-refractivity contribution in [1.29, 1.82) is 0 Å². The third-order valence-electron chi connectivity index (χ3n) is 3.76. The number of methoxy groups -OCH3 is 2. The van der Waals surface area contributed by atoms with Crippen LogP contribution in [0, 0.1) is 0 Å². The van der Waals surface area contributed by atoms with E-state index in [0.29, 0.717) is 35.0 Å². The van der Waals surface area contributed by atoms with Crippen molar-refractivity contribution in [3.63, 3.8) is 0 Å². The fourth-order valence-electron chi connectivity index (χ4n) is 2.63. The molecule has 0 saturated carbocycles. The number of cyclic esters (lactones) is 1. The first-order valence-electron chi connectivity index (χ1n) is 8.13. The van der Waals surface area contributed by atoms with Crippen LogP contribution in [0.2, 0.25) is 0 Å². The number of esters is 1. The molecule has 0 aromatic heterocycles. The van der Waals surface area contributed by atoms with Crippen molar-refractivity contribution >= 4 is 17.9 Å². The maximum absolute atomic E-state index is 12.3. The number of para-hydroxylation sites is 2. The highest BCUT2D eigenvalue weighted by Gasteiger charge is 2.26. The van der Waals surface area contributed by atoms with Crippen LogP contribution in [-0.4, -0.2) is 32.7 Å². The van der Waals surface area contributed by atoms with E-state index in [4.69, 9.17) is 18.9 Å². The smallest absolute Gasteiger partial charge is 0.363 e. The molecule has 1 heterocycles. The molecule has 3 rings (SSSR count). The summed E-state index contributed by atoms with van der Waals surface area (Å²) in [4.78, 5) is 16.6. The molecule has 0 aliphatic carbocycles. The normalized spacial score (nSPS) is 14.8. The fourth-order valence-corrected chi connectivity index (χ4v) is 2.63. The standard InChI is InChI=1S/C20H19NO5/c1-4-25-17-11-7-8-13(18(17)24-3)12-15-20(22)26-19(21-15)14-9-5-6-10-16(14)23-2/h5-12H,4H2,1-3H3/b15-12-. The summed E-state index contributed by atoms with van der Waals surface area (Å²) >= 11 is 0. The number of hydrogen-bond acceptors (Lipinski definition) is 6. The van der Waals surface area contributed by atoms with Crippen LogP contribution in [0.5, 0.6) is 17.2 Å². The van der Waals surface area contributed by atoms with Gasteiger partial charge in [0.15, 0.2) is 17.2 Å². The zero-order chi connectivity index (χ0) is 18.5. The minimum absolute atomic E-state index is 0.179. The molecule has 0 N–H and O–H groups in total. The summed E-state index contributed by atoms with van der Waals surface area (Å²) in [7, 11) is 3.10. The van der Waals surface area contributed by atoms with Crippen molar-refractivity contribution in [3.05, 3.63) is 59.3 Å². The first kappa shape index (κ1) is 17.5. The van der Waals surface area contributed by atoms with E-state index in [-0.39, 0.29) is 11.6 Å². The van der Waals surface area contributed by atoms with E-state index in [1.807, 2.05) is 31.2 Å². The monoisotopic (exact) mass is 353 g/mol. The highest BCUT2D eigenvalue weighted by molar-refractivity contribution is 6.13. The largest absolute Gasteiger partial charge is 0.496 e. The average Bonchev–Trinajstić information content (AvgIpc) is 3.02. The Bertz CT molecular complexity index is 886. The van der Waals surface area contributed by atoms with Gasteiger partial charge in [-0.2, -0.15) is 0 Å². The average molecular weight is 353 g/mol. The van der Waals surface area contributed by atoms with E-state index >= 15 is 0 Å². The van der Waals surface area contributed by atoms with Gasteiger partial charge in [0.1, 0.15) is 5.75 Å². The predicted molar refractivity (Wildman–Crippen MR) is 97.8 cm³/mol. The van der Waals surface area contributed by atoms with Crippen molar-refractivity contribution in [3.8, 4) is 17.2 Å². The van der Waals surface area contributed by atoms with Crippen molar-refractivity contribution in [2.45, 2.75) is 6.92 Å². The van der Waals surface area contributed by atoms with Crippen LogP contribution in [0.4, 0.5) is 0 Å². The second-order valence-electron chi connectivity index (χ2n) is 5.35. The molecule has 1 aliphatic heterocycles. The Balaban J connectivity index is 2.01. The summed E-state index contributed by atoms with van der Waals surface area (Å²) in [6.07, 6.45) is 1.62. The van der Waals surface area contributed by atoms with E-state index in [1.54, 1.807) is 38.5 Å². The number of nitrogens with zero attached hydrogens (tertiary/aromatic N) is 1. The zero-order valence-corrected chi connectivity index (χ0v) is 14.8. The Labute approximate surface area is 151 Å². The van der Waals surface area contributed by atoms with Crippen LogP contribution in [-0.2, 0) is 9.53 Å². The quantitative estimate of drug-likeness (QED) is 0.588. The Hall–Kier alpha value is -3.28. The second kappa shape index (κ2) is 7.74. The van der Waals surface area contributed by atoms with Gasteiger partial charge in [-0.05, 0) is 31.2 Å². The van der Waals surface area contributed by atoms with Crippen LogP contribution in [0.15, 0.2) is 53.2 Å². The molecule has 0 atom stereocenters. The van der Waals surface area contributed by atoms with Crippen LogP contribution in [0.25, 0.3) is 6.08 Å². The van der Waals surface area contributed by atoms with Gasteiger partial charge in [0.25, 0.3) is 0 Å². The summed E-state index contributed by atoms with van der Waals surface area (Å²) in [5.74, 6) is 1.39. The number of carbonyl (C=O) groups is 1. The molecule has 2 aromatic rings. The minimum Gasteiger partial charge on any atom is -0.496 e. The van der Waals surface area contributed by atoms with Crippen LogP contribution in [0.1, 0.15) is 18.1 Å². The molecule has 0 fully saturated rings. The molecule has 1 aliphatic rings. The molecule has 6 heteroatoms. The van der Waals surface area contributed by atoms with Gasteiger partial charge in [0.2, 0.25) is 5.90 Å². The highest BCUT2D eigenvalue weighted by Crippen LogP contribution is 2.33. The number of hydrogen-bond donors (Lipinski definition) is 0. The van der Waals surface area contributed by atoms with Crippen molar-refractivity contribution < 1.29 is 23.7 Å². The third-order valence-corrected chi connectivity index (χ3v) is 3.76. The third kappa shape index (κ3) is 3.39. The molecule has 0 amide bonds.